The van der Waals surface area contributed by atoms with E-state index in [1.165, 1.54) is 11.8 Å². The van der Waals surface area contributed by atoms with Crippen LogP contribution in [0.4, 0.5) is 5.69 Å². The van der Waals surface area contributed by atoms with E-state index in [-0.39, 0.29) is 24.7 Å². The highest BCUT2D eigenvalue weighted by Gasteiger charge is 2.33. The summed E-state index contributed by atoms with van der Waals surface area (Å²) >= 11 is 1.25. The number of rotatable bonds is 5. The number of hydrogen-bond donors (Lipinski definition) is 1. The number of carbonyl (C=O) groups excluding carboxylic acids is 1. The zero-order valence-electron chi connectivity index (χ0n) is 19.6. The molecule has 7 nitrogen and oxygen atoms in total. The monoisotopic (exact) mass is 488 g/mol. The van der Waals surface area contributed by atoms with Crippen LogP contribution in [0, 0.1) is 13.8 Å². The van der Waals surface area contributed by atoms with Crippen molar-refractivity contribution in [2.75, 3.05) is 13.4 Å². The molecule has 0 amide bonds. The summed E-state index contributed by atoms with van der Waals surface area (Å²) in [5.74, 6) is 0.716. The molecular formula is C27H24N2O5S. The van der Waals surface area contributed by atoms with Crippen LogP contribution in [0.5, 0.6) is 11.5 Å². The topological polar surface area (TPSA) is 82.3 Å². The van der Waals surface area contributed by atoms with Crippen molar-refractivity contribution in [1.82, 2.24) is 4.57 Å². The molecule has 0 radical (unpaired) electrons. The number of benzene rings is 2. The molecule has 1 N–H and O–H groups in total. The normalized spacial score (nSPS) is 17.0. The van der Waals surface area contributed by atoms with Gasteiger partial charge in [0.1, 0.15) is 16.4 Å². The summed E-state index contributed by atoms with van der Waals surface area (Å²) in [4.78, 5) is 17.8. The van der Waals surface area contributed by atoms with Gasteiger partial charge in [0.15, 0.2) is 11.5 Å². The number of aliphatic imine (C=N–C) groups is 1. The average molecular weight is 489 g/mol. The maximum Gasteiger partial charge on any atom is 0.344 e. The van der Waals surface area contributed by atoms with Crippen molar-refractivity contribution >= 4 is 34.5 Å². The Kier molecular flexibility index (Phi) is 6.13. The van der Waals surface area contributed by atoms with Crippen LogP contribution < -0.4 is 9.47 Å². The number of aryl methyl sites for hydroxylation is 1. The van der Waals surface area contributed by atoms with Crippen LogP contribution >= 0.6 is 11.8 Å². The van der Waals surface area contributed by atoms with Gasteiger partial charge in [-0.2, -0.15) is 0 Å². The Labute approximate surface area is 207 Å². The van der Waals surface area contributed by atoms with Crippen LogP contribution in [0.1, 0.15) is 23.9 Å². The Morgan fingerprint density at radius 1 is 1.14 bits per heavy atom. The molecule has 0 fully saturated rings. The third-order valence-corrected chi connectivity index (χ3v) is 6.75. The maximum atomic E-state index is 12.7. The first-order valence-electron chi connectivity index (χ1n) is 11.2. The van der Waals surface area contributed by atoms with Gasteiger partial charge >= 0.3 is 5.97 Å². The molecule has 0 spiro atoms. The Morgan fingerprint density at radius 2 is 1.91 bits per heavy atom. The van der Waals surface area contributed by atoms with E-state index in [0.29, 0.717) is 21.4 Å². The summed E-state index contributed by atoms with van der Waals surface area (Å²) in [7, 11) is 0. The van der Waals surface area contributed by atoms with Crippen molar-refractivity contribution in [3.8, 4) is 17.2 Å². The van der Waals surface area contributed by atoms with Crippen LogP contribution in [0.15, 0.2) is 75.8 Å². The molecule has 2 aliphatic rings. The first-order valence-corrected chi connectivity index (χ1v) is 12.0. The van der Waals surface area contributed by atoms with E-state index < -0.39 is 5.97 Å². The Bertz CT molecular complexity index is 1400. The third kappa shape index (κ3) is 4.33. The van der Waals surface area contributed by atoms with E-state index in [4.69, 9.17) is 14.2 Å². The summed E-state index contributed by atoms with van der Waals surface area (Å²) in [5, 5.41) is 11.4. The van der Waals surface area contributed by atoms with Gasteiger partial charge in [-0.1, -0.05) is 30.0 Å². The van der Waals surface area contributed by atoms with Gasteiger partial charge in [-0.3, -0.25) is 0 Å². The molecule has 3 aromatic rings. The molecule has 0 unspecified atom stereocenters. The lowest BCUT2D eigenvalue weighted by Crippen LogP contribution is -2.12. The van der Waals surface area contributed by atoms with Crippen LogP contribution in [0.3, 0.4) is 0 Å². The van der Waals surface area contributed by atoms with E-state index in [9.17, 15) is 9.90 Å². The minimum Gasteiger partial charge on any atom is -0.506 e. The van der Waals surface area contributed by atoms with Crippen molar-refractivity contribution in [2.24, 2.45) is 4.99 Å². The van der Waals surface area contributed by atoms with E-state index in [1.54, 1.807) is 6.92 Å². The van der Waals surface area contributed by atoms with Crippen LogP contribution in [0.25, 0.3) is 11.8 Å². The van der Waals surface area contributed by atoms with E-state index in [2.05, 4.69) is 9.56 Å². The number of ether oxygens (including phenoxy) is 3. The van der Waals surface area contributed by atoms with Crippen molar-refractivity contribution in [1.29, 1.82) is 0 Å². The summed E-state index contributed by atoms with van der Waals surface area (Å²) < 4.78 is 18.3. The molecule has 0 saturated carbocycles. The summed E-state index contributed by atoms with van der Waals surface area (Å²) in [6.07, 6.45) is 1.87. The van der Waals surface area contributed by atoms with Crippen molar-refractivity contribution in [3.05, 3.63) is 87.8 Å². The number of hydrogen-bond acceptors (Lipinski definition) is 7. The van der Waals surface area contributed by atoms with Crippen molar-refractivity contribution < 1.29 is 24.1 Å². The van der Waals surface area contributed by atoms with Gasteiger partial charge in [0.05, 0.1) is 17.2 Å². The molecule has 178 valence electrons. The molecule has 1 aromatic heterocycles. The molecule has 35 heavy (non-hydrogen) atoms. The van der Waals surface area contributed by atoms with Gasteiger partial charge in [0, 0.05) is 23.1 Å². The highest BCUT2D eigenvalue weighted by Crippen LogP contribution is 2.41. The van der Waals surface area contributed by atoms with Gasteiger partial charge in [-0.25, -0.2) is 9.79 Å². The first kappa shape index (κ1) is 22.9. The predicted octanol–water partition coefficient (Wildman–Crippen LogP) is 6.02. The summed E-state index contributed by atoms with van der Waals surface area (Å²) in [6, 6.07) is 17.2. The quantitative estimate of drug-likeness (QED) is 0.443. The fourth-order valence-electron chi connectivity index (χ4n) is 4.11. The smallest absolute Gasteiger partial charge is 0.344 e. The molecule has 5 rings (SSSR count). The molecular weight excluding hydrogens is 464 g/mol. The number of carbonyl (C=O) groups is 1. The number of aliphatic hydroxyl groups excluding tert-OH is 1. The third-order valence-electron chi connectivity index (χ3n) is 5.73. The Hall–Kier alpha value is -3.91. The van der Waals surface area contributed by atoms with Crippen LogP contribution in [-0.4, -0.2) is 34.1 Å². The molecule has 0 saturated heterocycles. The highest BCUT2D eigenvalue weighted by atomic mass is 32.2. The highest BCUT2D eigenvalue weighted by molar-refractivity contribution is 8.18. The number of nitrogens with zero attached hydrogens (tertiary/aromatic N) is 2. The van der Waals surface area contributed by atoms with E-state index in [1.807, 2.05) is 74.5 Å². The molecule has 2 aromatic carbocycles. The largest absolute Gasteiger partial charge is 0.506 e. The SMILES string of the molecule is CCOC(=O)C1=C(O)C(=Cc2cc(C)n(-c3ccc4c(c3)OCO4)c2C)SC1=Nc1ccccc1. The summed E-state index contributed by atoms with van der Waals surface area (Å²) in [6.45, 7) is 6.18. The average Bonchev–Trinajstić information content (AvgIpc) is 3.51. The van der Waals surface area contributed by atoms with Gasteiger partial charge in [-0.05, 0) is 62.7 Å². The molecule has 3 heterocycles. The molecule has 0 aliphatic carbocycles. The number of aromatic nitrogens is 1. The zero-order valence-corrected chi connectivity index (χ0v) is 20.4. The predicted molar refractivity (Wildman–Crippen MR) is 137 cm³/mol. The maximum absolute atomic E-state index is 12.7. The van der Waals surface area contributed by atoms with Crippen LogP contribution in [0.2, 0.25) is 0 Å². The zero-order chi connectivity index (χ0) is 24.5. The second-order valence-electron chi connectivity index (χ2n) is 8.01. The van der Waals surface area contributed by atoms with E-state index in [0.717, 1.165) is 28.4 Å². The molecule has 8 heteroatoms. The second-order valence-corrected chi connectivity index (χ2v) is 9.04. The van der Waals surface area contributed by atoms with Crippen LogP contribution in [-0.2, 0) is 9.53 Å². The Balaban J connectivity index is 1.54. The second kappa shape index (κ2) is 9.38. The lowest BCUT2D eigenvalue weighted by molar-refractivity contribution is -0.138. The van der Waals surface area contributed by atoms with Gasteiger partial charge < -0.3 is 23.9 Å². The minimum absolute atomic E-state index is 0.0801. The minimum atomic E-state index is -0.596. The number of esters is 1. The lowest BCUT2D eigenvalue weighted by Gasteiger charge is -2.10. The van der Waals surface area contributed by atoms with Crippen molar-refractivity contribution in [3.63, 3.8) is 0 Å². The number of thioether (sulfide) groups is 1. The number of fused-ring (bicyclic) bond motifs is 1. The van der Waals surface area contributed by atoms with E-state index >= 15 is 0 Å². The number of para-hydroxylation sites is 1. The summed E-state index contributed by atoms with van der Waals surface area (Å²) in [5.41, 5.74) is 4.63. The molecule has 2 aliphatic heterocycles. The van der Waals surface area contributed by atoms with Crippen molar-refractivity contribution in [2.45, 2.75) is 20.8 Å². The molecule has 0 bridgehead atoms. The van der Waals surface area contributed by atoms with Gasteiger partial charge in [0.25, 0.3) is 0 Å². The fourth-order valence-corrected chi connectivity index (χ4v) is 5.13. The first-order chi connectivity index (χ1) is 17.0. The standard InChI is InChI=1S/C27H24N2O5S/c1-4-32-27(31)24-25(30)23(35-26(24)28-19-8-6-5-7-9-19)13-18-12-16(2)29(17(18)3)20-10-11-21-22(14-20)34-15-33-21/h5-14,30H,4,15H2,1-3H3. The molecule has 0 atom stereocenters. The lowest BCUT2D eigenvalue weighted by atomic mass is 10.1. The van der Waals surface area contributed by atoms with Gasteiger partial charge in [-0.15, -0.1) is 0 Å². The van der Waals surface area contributed by atoms with Gasteiger partial charge in [0.2, 0.25) is 6.79 Å². The number of aliphatic hydroxyl groups is 1. The fraction of sp³-hybridized carbons (Fsp3) is 0.185. The Morgan fingerprint density at radius 3 is 2.69 bits per heavy atom.